The molecule has 2 N–H and O–H groups in total. The van der Waals surface area contributed by atoms with Crippen molar-refractivity contribution in [3.63, 3.8) is 0 Å². The van der Waals surface area contributed by atoms with Crippen molar-refractivity contribution >= 4 is 29.9 Å². The Morgan fingerprint density at radius 1 is 1.44 bits per heavy atom. The SMILES string of the molecule is CCOC1CC(NC2=NCCCN2)C12CCC2.I. The molecule has 0 aromatic carbocycles. The first kappa shape index (κ1) is 14.4. The van der Waals surface area contributed by atoms with E-state index in [1.807, 2.05) is 0 Å². The summed E-state index contributed by atoms with van der Waals surface area (Å²) in [6, 6.07) is 0.581. The number of guanidine groups is 1. The summed E-state index contributed by atoms with van der Waals surface area (Å²) in [5.41, 5.74) is 0.428. The highest BCUT2D eigenvalue weighted by Crippen LogP contribution is 2.57. The molecule has 2 atom stereocenters. The molecule has 2 aliphatic carbocycles. The zero-order valence-corrected chi connectivity index (χ0v) is 13.4. The van der Waals surface area contributed by atoms with Gasteiger partial charge in [-0.25, -0.2) is 0 Å². The number of hydrogen-bond acceptors (Lipinski definition) is 4. The molecule has 2 saturated carbocycles. The van der Waals surface area contributed by atoms with Gasteiger partial charge in [0.25, 0.3) is 0 Å². The second-order valence-electron chi connectivity index (χ2n) is 5.47. The van der Waals surface area contributed by atoms with Crippen LogP contribution in [-0.4, -0.2) is 37.8 Å². The molecule has 1 aliphatic heterocycles. The zero-order valence-electron chi connectivity index (χ0n) is 11.1. The van der Waals surface area contributed by atoms with Crippen molar-refractivity contribution in [2.75, 3.05) is 19.7 Å². The summed E-state index contributed by atoms with van der Waals surface area (Å²) in [5, 5.41) is 6.94. The highest BCUT2D eigenvalue weighted by atomic mass is 127. The predicted molar refractivity (Wildman–Crippen MR) is 83.6 cm³/mol. The van der Waals surface area contributed by atoms with Crippen molar-refractivity contribution in [2.24, 2.45) is 10.4 Å². The van der Waals surface area contributed by atoms with Crippen LogP contribution >= 0.6 is 24.0 Å². The third kappa shape index (κ3) is 2.35. The lowest BCUT2D eigenvalue weighted by molar-refractivity contribution is -0.168. The number of aliphatic imine (C=N–C) groups is 1. The normalized spacial score (nSPS) is 32.4. The topological polar surface area (TPSA) is 45.6 Å². The molecule has 4 nitrogen and oxygen atoms in total. The van der Waals surface area contributed by atoms with Gasteiger partial charge in [-0.3, -0.25) is 4.99 Å². The summed E-state index contributed by atoms with van der Waals surface area (Å²) in [7, 11) is 0. The van der Waals surface area contributed by atoms with Crippen LogP contribution in [-0.2, 0) is 4.74 Å². The van der Waals surface area contributed by atoms with Gasteiger partial charge in [0.05, 0.1) is 6.10 Å². The van der Waals surface area contributed by atoms with E-state index in [2.05, 4.69) is 22.5 Å². The Morgan fingerprint density at radius 3 is 2.83 bits per heavy atom. The van der Waals surface area contributed by atoms with Crippen LogP contribution < -0.4 is 10.6 Å². The van der Waals surface area contributed by atoms with Gasteiger partial charge in [-0.15, -0.1) is 24.0 Å². The molecule has 0 radical (unpaired) electrons. The van der Waals surface area contributed by atoms with Crippen molar-refractivity contribution in [1.82, 2.24) is 10.6 Å². The summed E-state index contributed by atoms with van der Waals surface area (Å²) in [4.78, 5) is 4.50. The summed E-state index contributed by atoms with van der Waals surface area (Å²) >= 11 is 0. The molecule has 1 heterocycles. The summed E-state index contributed by atoms with van der Waals surface area (Å²) in [5.74, 6) is 1.02. The van der Waals surface area contributed by atoms with Crippen LogP contribution in [0.1, 0.15) is 39.0 Å². The van der Waals surface area contributed by atoms with E-state index in [9.17, 15) is 0 Å². The van der Waals surface area contributed by atoms with Crippen LogP contribution in [0.4, 0.5) is 0 Å². The fraction of sp³-hybridized carbons (Fsp3) is 0.923. The predicted octanol–water partition coefficient (Wildman–Crippen LogP) is 1.89. The number of hydrogen-bond donors (Lipinski definition) is 2. The average Bonchev–Trinajstić information content (AvgIpc) is 2.27. The highest BCUT2D eigenvalue weighted by Gasteiger charge is 2.59. The van der Waals surface area contributed by atoms with Gasteiger partial charge >= 0.3 is 0 Å². The summed E-state index contributed by atoms with van der Waals surface area (Å²) in [6.07, 6.45) is 6.80. The Bertz CT molecular complexity index is 317. The van der Waals surface area contributed by atoms with E-state index in [1.54, 1.807) is 0 Å². The Labute approximate surface area is 126 Å². The van der Waals surface area contributed by atoms with Gasteiger partial charge in [0, 0.05) is 31.2 Å². The highest BCUT2D eigenvalue weighted by molar-refractivity contribution is 14.0. The van der Waals surface area contributed by atoms with Gasteiger partial charge in [0.2, 0.25) is 0 Å². The van der Waals surface area contributed by atoms with Crippen molar-refractivity contribution in [3.05, 3.63) is 0 Å². The van der Waals surface area contributed by atoms with Crippen LogP contribution in [0.15, 0.2) is 4.99 Å². The molecule has 0 saturated heterocycles. The minimum atomic E-state index is 0. The van der Waals surface area contributed by atoms with Gasteiger partial charge in [0.1, 0.15) is 0 Å². The molecule has 2 fully saturated rings. The maximum absolute atomic E-state index is 5.85. The van der Waals surface area contributed by atoms with Crippen molar-refractivity contribution < 1.29 is 4.74 Å². The van der Waals surface area contributed by atoms with E-state index in [0.717, 1.165) is 38.5 Å². The van der Waals surface area contributed by atoms with Crippen molar-refractivity contribution in [3.8, 4) is 0 Å². The lowest BCUT2D eigenvalue weighted by Crippen LogP contribution is -2.68. The third-order valence-electron chi connectivity index (χ3n) is 4.65. The van der Waals surface area contributed by atoms with Gasteiger partial charge in [-0.05, 0) is 32.6 Å². The molecule has 3 rings (SSSR count). The van der Waals surface area contributed by atoms with Crippen molar-refractivity contribution in [2.45, 2.75) is 51.2 Å². The first-order valence-corrected chi connectivity index (χ1v) is 7.01. The van der Waals surface area contributed by atoms with Crippen LogP contribution in [0, 0.1) is 5.41 Å². The molecule has 5 heteroatoms. The second-order valence-corrected chi connectivity index (χ2v) is 5.47. The number of halogens is 1. The molecule has 0 bridgehead atoms. The minimum Gasteiger partial charge on any atom is -0.378 e. The van der Waals surface area contributed by atoms with Gasteiger partial charge in [-0.1, -0.05) is 6.42 Å². The average molecular weight is 365 g/mol. The third-order valence-corrected chi connectivity index (χ3v) is 4.65. The summed E-state index contributed by atoms with van der Waals surface area (Å²) in [6.45, 7) is 4.96. The number of rotatable bonds is 3. The van der Waals surface area contributed by atoms with E-state index < -0.39 is 0 Å². The standard InChI is InChI=1S/C13H23N3O.HI/c1-2-17-11-9-10(13(11)5-3-6-13)16-12-14-7-4-8-15-12;/h10-11H,2-9H2,1H3,(H2,14,15,16);1H. The molecule has 1 spiro atoms. The molecular weight excluding hydrogens is 341 g/mol. The number of nitrogens with one attached hydrogen (secondary N) is 2. The van der Waals surface area contributed by atoms with Crippen molar-refractivity contribution in [1.29, 1.82) is 0 Å². The van der Waals surface area contributed by atoms with Gasteiger partial charge in [0.15, 0.2) is 5.96 Å². The fourth-order valence-electron chi connectivity index (χ4n) is 3.44. The van der Waals surface area contributed by atoms with Gasteiger partial charge < -0.3 is 15.4 Å². The van der Waals surface area contributed by atoms with E-state index in [0.29, 0.717) is 17.6 Å². The largest absolute Gasteiger partial charge is 0.378 e. The zero-order chi connectivity index (χ0) is 11.7. The molecule has 2 unspecified atom stereocenters. The molecule has 0 aromatic rings. The van der Waals surface area contributed by atoms with Crippen LogP contribution in [0.2, 0.25) is 0 Å². The van der Waals surface area contributed by atoms with Gasteiger partial charge in [-0.2, -0.15) is 0 Å². The molecule has 0 amide bonds. The lowest BCUT2D eigenvalue weighted by atomic mass is 9.51. The second kappa shape index (κ2) is 5.94. The molecule has 104 valence electrons. The Balaban J connectivity index is 0.00000120. The van der Waals surface area contributed by atoms with E-state index in [4.69, 9.17) is 4.74 Å². The smallest absolute Gasteiger partial charge is 0.191 e. The minimum absolute atomic E-state index is 0. The van der Waals surface area contributed by atoms with Crippen LogP contribution in [0.3, 0.4) is 0 Å². The Morgan fingerprint density at radius 2 is 2.28 bits per heavy atom. The van der Waals surface area contributed by atoms with E-state index >= 15 is 0 Å². The quantitative estimate of drug-likeness (QED) is 0.751. The van der Waals surface area contributed by atoms with Crippen LogP contribution in [0.25, 0.3) is 0 Å². The Kier molecular flexibility index (Phi) is 4.75. The monoisotopic (exact) mass is 365 g/mol. The first-order valence-electron chi connectivity index (χ1n) is 7.01. The molecule has 3 aliphatic rings. The molecule has 18 heavy (non-hydrogen) atoms. The maximum Gasteiger partial charge on any atom is 0.191 e. The molecular formula is C13H24IN3O. The van der Waals surface area contributed by atoms with E-state index in [1.165, 1.54) is 19.3 Å². The Hall–Kier alpha value is -0.0400. The first-order chi connectivity index (χ1) is 8.35. The number of nitrogens with zero attached hydrogens (tertiary/aromatic N) is 1. The lowest BCUT2D eigenvalue weighted by Gasteiger charge is -2.61. The van der Waals surface area contributed by atoms with Crippen LogP contribution in [0.5, 0.6) is 0 Å². The fourth-order valence-corrected chi connectivity index (χ4v) is 3.44. The maximum atomic E-state index is 5.85. The molecule has 0 aromatic heterocycles. The summed E-state index contributed by atoms with van der Waals surface area (Å²) < 4.78 is 5.85. The van der Waals surface area contributed by atoms with E-state index in [-0.39, 0.29) is 24.0 Å². The number of ether oxygens (including phenoxy) is 1.